The monoisotopic (exact) mass is 198 g/mol. The zero-order valence-corrected chi connectivity index (χ0v) is 9.45. The van der Waals surface area contributed by atoms with Crippen LogP contribution in [-0.4, -0.2) is 43.1 Å². The molecule has 0 amide bonds. The molecule has 3 N–H and O–H groups in total. The van der Waals surface area contributed by atoms with Crippen molar-refractivity contribution in [2.45, 2.75) is 38.8 Å². The minimum atomic E-state index is 0.366. The molecule has 1 heterocycles. The number of nitrogens with two attached hydrogens (primary N) is 1. The van der Waals surface area contributed by atoms with Crippen LogP contribution in [0.25, 0.3) is 0 Å². The van der Waals surface area contributed by atoms with Gasteiger partial charge in [-0.25, -0.2) is 0 Å². The first-order valence-corrected chi connectivity index (χ1v) is 5.36. The van der Waals surface area contributed by atoms with Crippen LogP contribution in [-0.2, 0) is 0 Å². The van der Waals surface area contributed by atoms with Crippen molar-refractivity contribution in [3.8, 4) is 0 Å². The fourth-order valence-electron chi connectivity index (χ4n) is 1.65. The smallest absolute Gasteiger partial charge is 0.189 e. The summed E-state index contributed by atoms with van der Waals surface area (Å²) in [6, 6.07) is 0.780. The van der Waals surface area contributed by atoms with Gasteiger partial charge < -0.3 is 16.0 Å². The van der Waals surface area contributed by atoms with Crippen LogP contribution in [0, 0.1) is 0 Å². The Bertz CT molecular complexity index is 192. The number of hydrogen-bond acceptors (Lipinski definition) is 2. The van der Waals surface area contributed by atoms with Crippen molar-refractivity contribution in [1.82, 2.24) is 10.2 Å². The predicted molar refractivity (Wildman–Crippen MR) is 60.4 cm³/mol. The van der Waals surface area contributed by atoms with E-state index in [9.17, 15) is 0 Å². The Morgan fingerprint density at radius 3 is 2.50 bits per heavy atom. The first-order valence-electron chi connectivity index (χ1n) is 5.36. The number of piperidine rings is 1. The SMILES string of the molecule is CC(C)NC(N)=NC1CCN(C)CC1. The molecular weight excluding hydrogens is 176 g/mol. The molecule has 0 bridgehead atoms. The number of aliphatic imine (C=N–C) groups is 1. The molecule has 1 rings (SSSR count). The van der Waals surface area contributed by atoms with Crippen molar-refractivity contribution < 1.29 is 0 Å². The van der Waals surface area contributed by atoms with Gasteiger partial charge in [0.2, 0.25) is 0 Å². The van der Waals surface area contributed by atoms with Gasteiger partial charge in [0.05, 0.1) is 6.04 Å². The van der Waals surface area contributed by atoms with Crippen LogP contribution in [0.15, 0.2) is 4.99 Å². The van der Waals surface area contributed by atoms with Crippen LogP contribution in [0.1, 0.15) is 26.7 Å². The van der Waals surface area contributed by atoms with E-state index in [0.29, 0.717) is 18.0 Å². The normalized spacial score (nSPS) is 21.6. The minimum absolute atomic E-state index is 0.366. The van der Waals surface area contributed by atoms with Gasteiger partial charge in [0, 0.05) is 6.04 Å². The Morgan fingerprint density at radius 2 is 2.00 bits per heavy atom. The standard InChI is InChI=1S/C10H22N4/c1-8(2)12-10(11)13-9-4-6-14(3)7-5-9/h8-9H,4-7H2,1-3H3,(H3,11,12,13). The lowest BCUT2D eigenvalue weighted by atomic mass is 10.1. The van der Waals surface area contributed by atoms with Crippen molar-refractivity contribution in [2.24, 2.45) is 10.7 Å². The summed E-state index contributed by atoms with van der Waals surface area (Å²) in [7, 11) is 2.15. The lowest BCUT2D eigenvalue weighted by molar-refractivity contribution is 0.257. The average molecular weight is 198 g/mol. The summed E-state index contributed by atoms with van der Waals surface area (Å²) < 4.78 is 0. The Morgan fingerprint density at radius 1 is 1.43 bits per heavy atom. The molecule has 1 saturated heterocycles. The molecule has 1 aliphatic rings. The van der Waals surface area contributed by atoms with Gasteiger partial charge in [-0.2, -0.15) is 0 Å². The Labute approximate surface area is 86.6 Å². The van der Waals surface area contributed by atoms with E-state index in [-0.39, 0.29) is 0 Å². The van der Waals surface area contributed by atoms with Gasteiger partial charge in [-0.05, 0) is 46.8 Å². The van der Waals surface area contributed by atoms with Crippen molar-refractivity contribution in [1.29, 1.82) is 0 Å². The number of nitrogens with zero attached hydrogens (tertiary/aromatic N) is 2. The van der Waals surface area contributed by atoms with E-state index >= 15 is 0 Å². The van der Waals surface area contributed by atoms with Crippen LogP contribution < -0.4 is 11.1 Å². The number of likely N-dealkylation sites (tertiary alicyclic amines) is 1. The van der Waals surface area contributed by atoms with Crippen LogP contribution in [0.5, 0.6) is 0 Å². The number of hydrogen-bond donors (Lipinski definition) is 2. The second kappa shape index (κ2) is 5.20. The van der Waals surface area contributed by atoms with Gasteiger partial charge >= 0.3 is 0 Å². The molecular formula is C10H22N4. The van der Waals surface area contributed by atoms with Gasteiger partial charge in [0.1, 0.15) is 0 Å². The van der Waals surface area contributed by atoms with Crippen molar-refractivity contribution in [2.75, 3.05) is 20.1 Å². The van der Waals surface area contributed by atoms with Crippen LogP contribution in [0.2, 0.25) is 0 Å². The molecule has 0 aromatic carbocycles. The Balaban J connectivity index is 2.35. The molecule has 1 fully saturated rings. The lowest BCUT2D eigenvalue weighted by Crippen LogP contribution is -2.39. The van der Waals surface area contributed by atoms with Crippen molar-refractivity contribution in [3.63, 3.8) is 0 Å². The number of nitrogens with one attached hydrogen (secondary N) is 1. The summed E-state index contributed by atoms with van der Waals surface area (Å²) in [6.07, 6.45) is 2.24. The third-order valence-corrected chi connectivity index (χ3v) is 2.45. The largest absolute Gasteiger partial charge is 0.370 e. The molecule has 1 aliphatic heterocycles. The van der Waals surface area contributed by atoms with Crippen LogP contribution in [0.4, 0.5) is 0 Å². The molecule has 0 atom stereocenters. The molecule has 0 radical (unpaired) electrons. The predicted octanol–water partition coefficient (Wildman–Crippen LogP) is 0.393. The van der Waals surface area contributed by atoms with Crippen LogP contribution in [0.3, 0.4) is 0 Å². The zero-order chi connectivity index (χ0) is 10.6. The van der Waals surface area contributed by atoms with E-state index in [1.54, 1.807) is 0 Å². The van der Waals surface area contributed by atoms with E-state index in [1.165, 1.54) is 0 Å². The molecule has 0 saturated carbocycles. The highest BCUT2D eigenvalue weighted by Crippen LogP contribution is 2.11. The Hall–Kier alpha value is -0.770. The van der Waals surface area contributed by atoms with Crippen molar-refractivity contribution in [3.05, 3.63) is 0 Å². The van der Waals surface area contributed by atoms with Crippen molar-refractivity contribution >= 4 is 5.96 Å². The highest BCUT2D eigenvalue weighted by atomic mass is 15.1. The number of guanidine groups is 1. The van der Waals surface area contributed by atoms with E-state index < -0.39 is 0 Å². The highest BCUT2D eigenvalue weighted by Gasteiger charge is 2.15. The summed E-state index contributed by atoms with van der Waals surface area (Å²) in [5.74, 6) is 0.592. The molecule has 4 heteroatoms. The molecule has 0 aromatic heterocycles. The van der Waals surface area contributed by atoms with Gasteiger partial charge in [0.25, 0.3) is 0 Å². The molecule has 0 aromatic rings. The highest BCUT2D eigenvalue weighted by molar-refractivity contribution is 5.78. The Kier molecular flexibility index (Phi) is 4.20. The lowest BCUT2D eigenvalue weighted by Gasteiger charge is -2.26. The molecule has 0 unspecified atom stereocenters. The second-order valence-corrected chi connectivity index (χ2v) is 4.35. The maximum atomic E-state index is 5.77. The van der Waals surface area contributed by atoms with E-state index in [0.717, 1.165) is 25.9 Å². The minimum Gasteiger partial charge on any atom is -0.370 e. The first-order chi connectivity index (χ1) is 6.58. The fraction of sp³-hybridized carbons (Fsp3) is 0.900. The van der Waals surface area contributed by atoms with Gasteiger partial charge in [-0.15, -0.1) is 0 Å². The average Bonchev–Trinajstić information content (AvgIpc) is 2.07. The number of rotatable bonds is 2. The molecule has 82 valence electrons. The quantitative estimate of drug-likeness (QED) is 0.498. The maximum Gasteiger partial charge on any atom is 0.189 e. The molecule has 4 nitrogen and oxygen atoms in total. The third-order valence-electron chi connectivity index (χ3n) is 2.45. The van der Waals surface area contributed by atoms with E-state index in [1.807, 2.05) is 0 Å². The summed E-state index contributed by atoms with van der Waals surface area (Å²) in [5.41, 5.74) is 5.77. The maximum absolute atomic E-state index is 5.77. The zero-order valence-electron chi connectivity index (χ0n) is 9.45. The summed E-state index contributed by atoms with van der Waals surface area (Å²) in [4.78, 5) is 6.80. The summed E-state index contributed by atoms with van der Waals surface area (Å²) in [6.45, 7) is 6.39. The van der Waals surface area contributed by atoms with E-state index in [2.05, 4.69) is 36.1 Å². The first kappa shape index (κ1) is 11.3. The summed E-state index contributed by atoms with van der Waals surface area (Å²) in [5, 5.41) is 3.12. The van der Waals surface area contributed by atoms with Crippen LogP contribution >= 0.6 is 0 Å². The van der Waals surface area contributed by atoms with E-state index in [4.69, 9.17) is 5.73 Å². The van der Waals surface area contributed by atoms with Gasteiger partial charge in [0.15, 0.2) is 5.96 Å². The fourth-order valence-corrected chi connectivity index (χ4v) is 1.65. The second-order valence-electron chi connectivity index (χ2n) is 4.35. The topological polar surface area (TPSA) is 53.6 Å². The van der Waals surface area contributed by atoms with Gasteiger partial charge in [-0.3, -0.25) is 4.99 Å². The molecule has 14 heavy (non-hydrogen) atoms. The summed E-state index contributed by atoms with van der Waals surface area (Å²) >= 11 is 0. The molecule has 0 aliphatic carbocycles. The third kappa shape index (κ3) is 3.96. The van der Waals surface area contributed by atoms with Gasteiger partial charge in [-0.1, -0.05) is 0 Å². The molecule has 0 spiro atoms.